The van der Waals surface area contributed by atoms with E-state index >= 15 is 0 Å². The summed E-state index contributed by atoms with van der Waals surface area (Å²) in [6, 6.07) is -0.262. The van der Waals surface area contributed by atoms with E-state index in [1.807, 2.05) is 11.8 Å². The van der Waals surface area contributed by atoms with Crippen LogP contribution in [0.2, 0.25) is 0 Å². The Morgan fingerprint density at radius 1 is 1.50 bits per heavy atom. The summed E-state index contributed by atoms with van der Waals surface area (Å²) >= 11 is 0. The van der Waals surface area contributed by atoms with Crippen molar-refractivity contribution in [2.75, 3.05) is 19.6 Å². The molecular weight excluding hydrogens is 358 g/mol. The number of amides is 2. The predicted octanol–water partition coefficient (Wildman–Crippen LogP) is -1.76. The summed E-state index contributed by atoms with van der Waals surface area (Å²) in [6.07, 6.45) is -0.793. The number of β-lactam (4-membered cyclic amide) rings is 1. The molecule has 4 N–H and O–H groups in total. The molecule has 0 saturated carbocycles. The Labute approximate surface area is 154 Å². The maximum absolute atomic E-state index is 12.5. The van der Waals surface area contributed by atoms with Crippen molar-refractivity contribution in [3.63, 3.8) is 0 Å². The maximum atomic E-state index is 12.5. The van der Waals surface area contributed by atoms with Gasteiger partial charge < -0.3 is 25.3 Å². The monoisotopic (exact) mass is 380 g/mol. The molecule has 3 aliphatic heterocycles. The summed E-state index contributed by atoms with van der Waals surface area (Å²) in [6.45, 7) is 5.01. The molecule has 2 amide bonds. The van der Waals surface area contributed by atoms with Crippen molar-refractivity contribution in [2.45, 2.75) is 26.0 Å². The van der Waals surface area contributed by atoms with Crippen LogP contribution in [0.4, 0.5) is 0 Å². The summed E-state index contributed by atoms with van der Waals surface area (Å²) in [4.78, 5) is 41.9. The molecular formula is C15H22BN4O5P. The van der Waals surface area contributed by atoms with Crippen LogP contribution in [0.15, 0.2) is 11.3 Å². The maximum Gasteiger partial charge on any atom is 0.358 e. The van der Waals surface area contributed by atoms with Crippen LogP contribution in [-0.2, 0) is 18.9 Å². The summed E-state index contributed by atoms with van der Waals surface area (Å²) < 4.78 is 5.09. The fraction of sp³-hybridized carbons (Fsp3) is 0.667. The van der Waals surface area contributed by atoms with Crippen molar-refractivity contribution in [1.82, 2.24) is 14.8 Å². The Hall–Kier alpha value is -1.48. The number of hydrogen-bond acceptors (Lipinski definition) is 7. The lowest BCUT2D eigenvalue weighted by Crippen LogP contribution is -2.63. The van der Waals surface area contributed by atoms with E-state index in [0.717, 1.165) is 5.57 Å². The lowest BCUT2D eigenvalue weighted by Gasteiger charge is -2.46. The van der Waals surface area contributed by atoms with Gasteiger partial charge in [-0.25, -0.2) is 4.79 Å². The van der Waals surface area contributed by atoms with E-state index in [1.54, 1.807) is 6.92 Å². The normalized spacial score (nSPS) is 30.3. The summed E-state index contributed by atoms with van der Waals surface area (Å²) in [5.74, 6) is -2.05. The predicted molar refractivity (Wildman–Crippen MR) is 94.4 cm³/mol. The number of likely N-dealkylation sites (tertiary alicyclic amines) is 1. The van der Waals surface area contributed by atoms with Gasteiger partial charge in [0.05, 0.1) is 24.0 Å². The molecule has 0 aromatic heterocycles. The topological polar surface area (TPSA) is 125 Å². The van der Waals surface area contributed by atoms with Crippen LogP contribution in [-0.4, -0.2) is 72.5 Å². The number of fused-ring (bicyclic) bond motifs is 1. The van der Waals surface area contributed by atoms with E-state index in [2.05, 4.69) is 5.00 Å². The highest BCUT2D eigenvalue weighted by Crippen LogP contribution is 2.48. The molecule has 11 heteroatoms. The number of carbonyl (C=O) groups is 3. The van der Waals surface area contributed by atoms with Gasteiger partial charge in [0, 0.05) is 25.6 Å². The number of nitrogens with zero attached hydrogens (tertiary/aromatic N) is 2. The van der Waals surface area contributed by atoms with Crippen LogP contribution in [0.1, 0.15) is 13.8 Å². The van der Waals surface area contributed by atoms with E-state index in [9.17, 15) is 19.5 Å². The van der Waals surface area contributed by atoms with Gasteiger partial charge in [0.15, 0.2) is 7.98 Å². The van der Waals surface area contributed by atoms with Gasteiger partial charge in [-0.05, 0) is 12.5 Å². The molecule has 0 bridgehead atoms. The average molecular weight is 380 g/mol. The van der Waals surface area contributed by atoms with Crippen LogP contribution in [0.25, 0.3) is 0 Å². The zero-order valence-corrected chi connectivity index (χ0v) is 15.6. The molecule has 0 spiro atoms. The zero-order valence-electron chi connectivity index (χ0n) is 14.6. The number of aliphatic hydroxyl groups is 1. The average Bonchev–Trinajstić information content (AvgIpc) is 2.76. The molecule has 140 valence electrons. The van der Waals surface area contributed by atoms with Crippen LogP contribution in [0, 0.1) is 17.8 Å². The third kappa shape index (κ3) is 3.05. The lowest BCUT2D eigenvalue weighted by atomic mass is 9.77. The van der Waals surface area contributed by atoms with E-state index in [4.69, 9.17) is 18.2 Å². The molecule has 0 aromatic carbocycles. The minimum absolute atomic E-state index is 0.100. The number of carbonyl (C=O) groups excluding carboxylic acids is 3. The first-order valence-corrected chi connectivity index (χ1v) is 9.36. The molecule has 26 heavy (non-hydrogen) atoms. The second-order valence-corrected chi connectivity index (χ2v) is 7.75. The Morgan fingerprint density at radius 3 is 2.69 bits per heavy atom. The molecule has 3 aliphatic rings. The van der Waals surface area contributed by atoms with E-state index in [1.165, 1.54) is 4.90 Å². The van der Waals surface area contributed by atoms with Gasteiger partial charge in [-0.15, -0.1) is 0 Å². The van der Waals surface area contributed by atoms with Gasteiger partial charge in [0.2, 0.25) is 11.8 Å². The number of nitrogens with two attached hydrogens (primary N) is 1. The first-order valence-electron chi connectivity index (χ1n) is 8.45. The largest absolute Gasteiger partial charge is 0.428 e. The Morgan fingerprint density at radius 2 is 2.15 bits per heavy atom. The number of primary amides is 1. The summed E-state index contributed by atoms with van der Waals surface area (Å²) in [7, 11) is 4.74. The second-order valence-electron chi connectivity index (χ2n) is 7.06. The third-order valence-electron chi connectivity index (χ3n) is 5.46. The molecule has 5 atom stereocenters. The van der Waals surface area contributed by atoms with Crippen LogP contribution >= 0.6 is 8.96 Å². The number of rotatable bonds is 7. The lowest BCUT2D eigenvalue weighted by molar-refractivity contribution is -0.162. The molecule has 9 nitrogen and oxygen atoms in total. The van der Waals surface area contributed by atoms with Crippen molar-refractivity contribution >= 4 is 34.7 Å². The van der Waals surface area contributed by atoms with Gasteiger partial charge in [0.25, 0.3) is 0 Å². The first kappa shape index (κ1) is 19.3. The molecule has 2 saturated heterocycles. The SMILES string of the molecule is [B]NPOC(=O)C1=C(CN2CC(C(N)=O)C2)[C@H](C)[C@@H]2C([C@@H](C)O)C(=O)N12. The quantitative estimate of drug-likeness (QED) is 0.272. The van der Waals surface area contributed by atoms with Gasteiger partial charge in [-0.1, -0.05) is 6.92 Å². The minimum Gasteiger partial charge on any atom is -0.428 e. The Kier molecular flexibility index (Phi) is 5.39. The molecule has 0 aromatic rings. The van der Waals surface area contributed by atoms with Gasteiger partial charge in [-0.2, -0.15) is 0 Å². The van der Waals surface area contributed by atoms with E-state index in [-0.39, 0.29) is 35.4 Å². The molecule has 3 heterocycles. The van der Waals surface area contributed by atoms with Gasteiger partial charge in [0.1, 0.15) is 14.7 Å². The molecule has 2 fully saturated rings. The summed E-state index contributed by atoms with van der Waals surface area (Å²) in [5.41, 5.74) is 6.31. The third-order valence-corrected chi connectivity index (χ3v) is 5.87. The van der Waals surface area contributed by atoms with Crippen molar-refractivity contribution in [3.8, 4) is 0 Å². The zero-order chi connectivity index (χ0) is 19.2. The van der Waals surface area contributed by atoms with Crippen molar-refractivity contribution in [3.05, 3.63) is 11.3 Å². The molecule has 2 radical (unpaired) electrons. The Bertz CT molecular complexity index is 666. The summed E-state index contributed by atoms with van der Waals surface area (Å²) in [5, 5.41) is 9.93. The minimum atomic E-state index is -0.793. The highest BCUT2D eigenvalue weighted by atomic mass is 31.1. The van der Waals surface area contributed by atoms with Crippen molar-refractivity contribution in [1.29, 1.82) is 0 Å². The molecule has 2 unspecified atom stereocenters. The highest BCUT2D eigenvalue weighted by molar-refractivity contribution is 7.32. The second kappa shape index (κ2) is 7.27. The van der Waals surface area contributed by atoms with Gasteiger partial charge >= 0.3 is 5.97 Å². The fourth-order valence-electron chi connectivity index (χ4n) is 4.09. The van der Waals surface area contributed by atoms with Crippen molar-refractivity contribution < 1.29 is 24.0 Å². The highest BCUT2D eigenvalue weighted by Gasteiger charge is 2.60. The first-order chi connectivity index (χ1) is 12.3. The fourth-order valence-corrected chi connectivity index (χ4v) is 4.33. The van der Waals surface area contributed by atoms with Crippen molar-refractivity contribution in [2.24, 2.45) is 23.5 Å². The van der Waals surface area contributed by atoms with E-state index < -0.39 is 26.9 Å². The smallest absolute Gasteiger partial charge is 0.358 e. The Balaban J connectivity index is 1.82. The van der Waals surface area contributed by atoms with E-state index in [0.29, 0.717) is 19.6 Å². The number of hydrogen-bond donors (Lipinski definition) is 3. The standard InChI is InChI=1S/C15H22BN4O5P/c1-6-9(5-19-3-8(4-19)13(17)22)12(15(24)25-26-18-16)20-11(6)10(7(2)21)14(20)23/h6-8,10-11,18,21,26H,3-5H2,1-2H3,(H2,17,22)/t6-,7+,10?,11+/m0/s1. The van der Waals surface area contributed by atoms with Gasteiger partial charge in [-0.3, -0.25) is 14.5 Å². The molecule has 0 aliphatic carbocycles. The number of aliphatic hydroxyl groups excluding tert-OH is 1. The molecule has 3 rings (SSSR count). The van der Waals surface area contributed by atoms with Crippen LogP contribution in [0.5, 0.6) is 0 Å². The van der Waals surface area contributed by atoms with Crippen LogP contribution in [0.3, 0.4) is 0 Å². The number of nitrogens with one attached hydrogen (secondary N) is 1. The van der Waals surface area contributed by atoms with Crippen LogP contribution < -0.4 is 10.7 Å².